The molecule has 20 heavy (non-hydrogen) atoms. The van der Waals surface area contributed by atoms with E-state index in [1.165, 1.54) is 56.1 Å². The minimum absolute atomic E-state index is 0.475. The minimum Gasteiger partial charge on any atom is -0.497 e. The number of benzene rings is 1. The zero-order chi connectivity index (χ0) is 14.4. The molecule has 0 spiro atoms. The molecule has 0 aliphatic heterocycles. The van der Waals surface area contributed by atoms with Crippen molar-refractivity contribution >= 4 is 0 Å². The third kappa shape index (κ3) is 3.99. The van der Waals surface area contributed by atoms with E-state index in [2.05, 4.69) is 37.5 Å². The second-order valence-electron chi connectivity index (χ2n) is 6.15. The fourth-order valence-electron chi connectivity index (χ4n) is 3.50. The Kier molecular flexibility index (Phi) is 5.90. The molecule has 2 heteroatoms. The number of hydrogen-bond donors (Lipinski definition) is 1. The highest BCUT2D eigenvalue weighted by Gasteiger charge is 2.17. The Morgan fingerprint density at radius 1 is 1.25 bits per heavy atom. The highest BCUT2D eigenvalue weighted by molar-refractivity contribution is 5.36. The molecule has 2 rings (SSSR count). The van der Waals surface area contributed by atoms with Crippen molar-refractivity contribution < 1.29 is 4.74 Å². The number of hydrogen-bond acceptors (Lipinski definition) is 2. The highest BCUT2D eigenvalue weighted by atomic mass is 16.5. The summed E-state index contributed by atoms with van der Waals surface area (Å²) in [5.41, 5.74) is 2.75. The predicted molar refractivity (Wildman–Crippen MR) is 85.3 cm³/mol. The average molecular weight is 275 g/mol. The van der Waals surface area contributed by atoms with Gasteiger partial charge in [0.2, 0.25) is 0 Å². The van der Waals surface area contributed by atoms with E-state index in [4.69, 9.17) is 4.74 Å². The van der Waals surface area contributed by atoms with E-state index in [-0.39, 0.29) is 0 Å². The molecule has 0 amide bonds. The first kappa shape index (κ1) is 15.4. The lowest BCUT2D eigenvalue weighted by Gasteiger charge is -2.25. The van der Waals surface area contributed by atoms with Crippen LogP contribution in [0.5, 0.6) is 5.75 Å². The molecule has 1 atom stereocenters. The molecule has 1 aliphatic carbocycles. The van der Waals surface area contributed by atoms with Gasteiger partial charge in [0.15, 0.2) is 0 Å². The van der Waals surface area contributed by atoms with Gasteiger partial charge in [0.1, 0.15) is 5.75 Å². The number of methoxy groups -OCH3 is 1. The van der Waals surface area contributed by atoms with Gasteiger partial charge in [-0.1, -0.05) is 38.2 Å². The van der Waals surface area contributed by atoms with Crippen molar-refractivity contribution in [1.82, 2.24) is 5.32 Å². The average Bonchev–Trinajstić information content (AvgIpc) is 2.50. The summed E-state index contributed by atoms with van der Waals surface area (Å²) >= 11 is 0. The van der Waals surface area contributed by atoms with Crippen LogP contribution in [-0.4, -0.2) is 14.2 Å². The molecule has 0 saturated heterocycles. The number of rotatable bonds is 6. The Hall–Kier alpha value is -1.02. The third-order valence-electron chi connectivity index (χ3n) is 4.79. The molecule has 2 nitrogen and oxygen atoms in total. The van der Waals surface area contributed by atoms with Crippen molar-refractivity contribution in [3.8, 4) is 5.75 Å². The molecule has 1 unspecified atom stereocenters. The zero-order valence-electron chi connectivity index (χ0n) is 13.2. The second-order valence-corrected chi connectivity index (χ2v) is 6.15. The molecule has 0 heterocycles. The Morgan fingerprint density at radius 2 is 2.00 bits per heavy atom. The summed E-state index contributed by atoms with van der Waals surface area (Å²) in [4.78, 5) is 0. The molecule has 1 aromatic carbocycles. The first-order valence-electron chi connectivity index (χ1n) is 8.06. The van der Waals surface area contributed by atoms with Crippen LogP contribution in [0.3, 0.4) is 0 Å². The molecule has 0 aromatic heterocycles. The van der Waals surface area contributed by atoms with Crippen LogP contribution in [0.4, 0.5) is 0 Å². The van der Waals surface area contributed by atoms with Gasteiger partial charge in [0, 0.05) is 6.04 Å². The summed E-state index contributed by atoms with van der Waals surface area (Å²) in [5, 5.41) is 3.50. The smallest absolute Gasteiger partial charge is 0.119 e. The summed E-state index contributed by atoms with van der Waals surface area (Å²) in [6.45, 7) is 2.18. The predicted octanol–water partition coefficient (Wildman–Crippen LogP) is 4.62. The first-order chi connectivity index (χ1) is 9.74. The van der Waals surface area contributed by atoms with Gasteiger partial charge < -0.3 is 10.1 Å². The van der Waals surface area contributed by atoms with Gasteiger partial charge >= 0.3 is 0 Å². The van der Waals surface area contributed by atoms with Crippen LogP contribution in [0.1, 0.15) is 62.1 Å². The maximum atomic E-state index is 5.30. The Labute approximate surface area is 123 Å². The summed E-state index contributed by atoms with van der Waals surface area (Å²) in [7, 11) is 3.81. The molecule has 1 aromatic rings. The summed E-state index contributed by atoms with van der Waals surface area (Å²) in [6.07, 6.45) is 9.82. The lowest BCUT2D eigenvalue weighted by molar-refractivity contribution is 0.317. The zero-order valence-corrected chi connectivity index (χ0v) is 13.2. The van der Waals surface area contributed by atoms with Crippen molar-refractivity contribution in [2.24, 2.45) is 5.92 Å². The van der Waals surface area contributed by atoms with Gasteiger partial charge in [0.25, 0.3) is 0 Å². The second kappa shape index (κ2) is 7.68. The van der Waals surface area contributed by atoms with Crippen molar-refractivity contribution in [3.63, 3.8) is 0 Å². The third-order valence-corrected chi connectivity index (χ3v) is 4.79. The van der Waals surface area contributed by atoms with Crippen LogP contribution >= 0.6 is 0 Å². The van der Waals surface area contributed by atoms with Crippen molar-refractivity contribution in [2.75, 3.05) is 14.2 Å². The van der Waals surface area contributed by atoms with E-state index in [9.17, 15) is 0 Å². The summed E-state index contributed by atoms with van der Waals surface area (Å²) in [5.74, 6) is 1.91. The van der Waals surface area contributed by atoms with Gasteiger partial charge in [-0.15, -0.1) is 0 Å². The van der Waals surface area contributed by atoms with E-state index in [1.54, 1.807) is 7.11 Å². The highest BCUT2D eigenvalue weighted by Crippen LogP contribution is 2.31. The molecule has 112 valence electrons. The van der Waals surface area contributed by atoms with Gasteiger partial charge in [-0.05, 0) is 56.0 Å². The molecule has 0 radical (unpaired) electrons. The van der Waals surface area contributed by atoms with Crippen molar-refractivity contribution in [2.45, 2.75) is 57.9 Å². The maximum absolute atomic E-state index is 5.30. The van der Waals surface area contributed by atoms with Crippen LogP contribution in [0, 0.1) is 12.8 Å². The normalized spacial score (nSPS) is 17.9. The van der Waals surface area contributed by atoms with Crippen LogP contribution in [0.25, 0.3) is 0 Å². The van der Waals surface area contributed by atoms with E-state index in [1.807, 2.05) is 0 Å². The lowest BCUT2D eigenvalue weighted by Crippen LogP contribution is -2.19. The van der Waals surface area contributed by atoms with Crippen molar-refractivity contribution in [1.29, 1.82) is 0 Å². The fourth-order valence-corrected chi connectivity index (χ4v) is 3.50. The molecular formula is C18H29NO. The molecular weight excluding hydrogens is 246 g/mol. The molecule has 1 fully saturated rings. The van der Waals surface area contributed by atoms with Crippen LogP contribution in [0.15, 0.2) is 18.2 Å². The number of nitrogens with one attached hydrogen (secondary N) is 1. The van der Waals surface area contributed by atoms with E-state index in [0.29, 0.717) is 6.04 Å². The summed E-state index contributed by atoms with van der Waals surface area (Å²) in [6, 6.07) is 6.91. The maximum Gasteiger partial charge on any atom is 0.119 e. The van der Waals surface area contributed by atoms with Gasteiger partial charge in [-0.3, -0.25) is 0 Å². The van der Waals surface area contributed by atoms with Gasteiger partial charge in [-0.2, -0.15) is 0 Å². The SMILES string of the molecule is CNC(CCC1CCCCC1)c1ccc(OC)cc1C. The van der Waals surface area contributed by atoms with E-state index < -0.39 is 0 Å². The van der Waals surface area contributed by atoms with Crippen LogP contribution in [0.2, 0.25) is 0 Å². The molecule has 1 saturated carbocycles. The van der Waals surface area contributed by atoms with Crippen LogP contribution in [-0.2, 0) is 0 Å². The molecule has 1 N–H and O–H groups in total. The number of aryl methyl sites for hydroxylation is 1. The van der Waals surface area contributed by atoms with E-state index >= 15 is 0 Å². The largest absolute Gasteiger partial charge is 0.497 e. The van der Waals surface area contributed by atoms with E-state index in [0.717, 1.165) is 11.7 Å². The lowest BCUT2D eigenvalue weighted by atomic mass is 9.84. The molecule has 1 aliphatic rings. The monoisotopic (exact) mass is 275 g/mol. The number of ether oxygens (including phenoxy) is 1. The minimum atomic E-state index is 0.475. The topological polar surface area (TPSA) is 21.3 Å². The molecule has 0 bridgehead atoms. The fraction of sp³-hybridized carbons (Fsp3) is 0.667. The van der Waals surface area contributed by atoms with Gasteiger partial charge in [-0.25, -0.2) is 0 Å². The van der Waals surface area contributed by atoms with Gasteiger partial charge in [0.05, 0.1) is 7.11 Å². The Morgan fingerprint density at radius 3 is 2.60 bits per heavy atom. The summed E-state index contributed by atoms with van der Waals surface area (Å²) < 4.78 is 5.30. The standard InChI is InChI=1S/C18H29NO/c1-14-13-16(20-3)10-11-17(14)18(19-2)12-9-15-7-5-4-6-8-15/h10-11,13,15,18-19H,4-9,12H2,1-3H3. The Bertz CT molecular complexity index is 410. The first-order valence-corrected chi connectivity index (χ1v) is 8.06. The Balaban J connectivity index is 1.96. The van der Waals surface area contributed by atoms with Crippen LogP contribution < -0.4 is 10.1 Å². The van der Waals surface area contributed by atoms with Crippen molar-refractivity contribution in [3.05, 3.63) is 29.3 Å². The quantitative estimate of drug-likeness (QED) is 0.817.